The molecule has 0 aromatic rings. The highest BCUT2D eigenvalue weighted by Crippen LogP contribution is 1.83. The molecule has 0 N–H and O–H groups in total. The Kier molecular flexibility index (Phi) is 1.22. The molecule has 0 spiro atoms. The minimum absolute atomic E-state index is 0.479. The van der Waals surface area contributed by atoms with E-state index >= 15 is 0 Å². The average Bonchev–Trinajstić information content (AvgIpc) is 1.90. The Labute approximate surface area is 39.8 Å². The van der Waals surface area contributed by atoms with E-state index in [0.717, 1.165) is 0 Å². The molecular weight excluding hydrogens is 94.1 g/mol. The topological polar surface area (TPSA) is 61.8 Å². The molecule has 1 rings (SSSR count). The number of hydrogen-bond donors (Lipinski definition) is 0. The standard InChI is InChI=1S/C2H3N5/c1-2-4-6-7-5-3-1/h1H,2H2. The minimum atomic E-state index is 0.479. The SMILES string of the molecule is C1=NN=NN=NC1. The largest absolute Gasteiger partial charge is 0.162 e. The molecule has 0 saturated heterocycles. The van der Waals surface area contributed by atoms with Gasteiger partial charge in [0.2, 0.25) is 0 Å². The summed E-state index contributed by atoms with van der Waals surface area (Å²) in [6.07, 6.45) is 1.53. The smallest absolute Gasteiger partial charge is 0.0993 e. The monoisotopic (exact) mass is 97.0 g/mol. The lowest BCUT2D eigenvalue weighted by molar-refractivity contribution is 0.894. The van der Waals surface area contributed by atoms with Gasteiger partial charge in [-0.25, -0.2) is 0 Å². The van der Waals surface area contributed by atoms with Gasteiger partial charge in [0, 0.05) is 0 Å². The Morgan fingerprint density at radius 2 is 2.14 bits per heavy atom. The zero-order chi connectivity index (χ0) is 4.95. The summed E-state index contributed by atoms with van der Waals surface area (Å²) in [7, 11) is 0. The van der Waals surface area contributed by atoms with Crippen molar-refractivity contribution in [3.8, 4) is 0 Å². The summed E-state index contributed by atoms with van der Waals surface area (Å²) in [6.45, 7) is 0.479. The van der Waals surface area contributed by atoms with Crippen molar-refractivity contribution in [2.45, 2.75) is 0 Å². The molecule has 0 radical (unpaired) electrons. The molecule has 0 aromatic carbocycles. The van der Waals surface area contributed by atoms with E-state index in [4.69, 9.17) is 0 Å². The van der Waals surface area contributed by atoms with Gasteiger partial charge in [0.1, 0.15) is 0 Å². The van der Waals surface area contributed by atoms with Gasteiger partial charge in [-0.3, -0.25) is 0 Å². The normalized spacial score (nSPS) is 17.1. The zero-order valence-corrected chi connectivity index (χ0v) is 3.52. The fourth-order valence-corrected chi connectivity index (χ4v) is 0.215. The summed E-state index contributed by atoms with van der Waals surface area (Å²) in [5.41, 5.74) is 0. The van der Waals surface area contributed by atoms with Crippen LogP contribution in [0.4, 0.5) is 0 Å². The van der Waals surface area contributed by atoms with Crippen molar-refractivity contribution in [3.05, 3.63) is 0 Å². The summed E-state index contributed by atoms with van der Waals surface area (Å²) in [5.74, 6) is 0. The quantitative estimate of drug-likeness (QED) is 0.429. The summed E-state index contributed by atoms with van der Waals surface area (Å²) < 4.78 is 0. The van der Waals surface area contributed by atoms with Gasteiger partial charge in [-0.2, -0.15) is 5.11 Å². The van der Waals surface area contributed by atoms with Gasteiger partial charge < -0.3 is 0 Å². The lowest BCUT2D eigenvalue weighted by Crippen LogP contribution is -1.73. The van der Waals surface area contributed by atoms with Crippen LogP contribution in [-0.2, 0) is 0 Å². The van der Waals surface area contributed by atoms with E-state index in [1.54, 1.807) is 0 Å². The summed E-state index contributed by atoms with van der Waals surface area (Å²) >= 11 is 0. The fourth-order valence-electron chi connectivity index (χ4n) is 0.215. The Morgan fingerprint density at radius 1 is 1.14 bits per heavy atom. The number of nitrogens with zero attached hydrogens (tertiary/aromatic N) is 5. The molecule has 0 aliphatic carbocycles. The predicted octanol–water partition coefficient (Wildman–Crippen LogP) is 0.805. The Hall–Kier alpha value is -1.13. The van der Waals surface area contributed by atoms with Gasteiger partial charge >= 0.3 is 0 Å². The highest BCUT2D eigenvalue weighted by atomic mass is 15.5. The maximum Gasteiger partial charge on any atom is 0.0993 e. The molecular formula is C2H3N5. The average molecular weight is 97.1 g/mol. The molecule has 0 unspecified atom stereocenters. The first-order valence-corrected chi connectivity index (χ1v) is 1.78. The number of rotatable bonds is 0. The van der Waals surface area contributed by atoms with Crippen LogP contribution in [0.15, 0.2) is 25.9 Å². The minimum Gasteiger partial charge on any atom is -0.162 e. The van der Waals surface area contributed by atoms with Crippen LogP contribution in [0.1, 0.15) is 0 Å². The zero-order valence-electron chi connectivity index (χ0n) is 3.52. The van der Waals surface area contributed by atoms with Crippen molar-refractivity contribution in [2.75, 3.05) is 6.54 Å². The van der Waals surface area contributed by atoms with Crippen LogP contribution in [0.3, 0.4) is 0 Å². The molecule has 36 valence electrons. The number of hydrogen-bond acceptors (Lipinski definition) is 5. The fraction of sp³-hybridized carbons (Fsp3) is 0.500. The first kappa shape index (κ1) is 4.04. The molecule has 1 heterocycles. The van der Waals surface area contributed by atoms with Crippen LogP contribution in [-0.4, -0.2) is 12.8 Å². The molecule has 0 fully saturated rings. The molecule has 0 saturated carbocycles. The summed E-state index contributed by atoms with van der Waals surface area (Å²) in [5, 5.41) is 16.5. The van der Waals surface area contributed by atoms with Gasteiger partial charge in [-0.15, -0.1) is 5.10 Å². The second kappa shape index (κ2) is 2.12. The van der Waals surface area contributed by atoms with Crippen LogP contribution in [0, 0.1) is 0 Å². The van der Waals surface area contributed by atoms with Crippen LogP contribution < -0.4 is 0 Å². The van der Waals surface area contributed by atoms with Gasteiger partial charge in [0.25, 0.3) is 0 Å². The van der Waals surface area contributed by atoms with E-state index in [2.05, 4.69) is 25.9 Å². The van der Waals surface area contributed by atoms with E-state index in [9.17, 15) is 0 Å². The molecule has 0 amide bonds. The van der Waals surface area contributed by atoms with Crippen LogP contribution >= 0.6 is 0 Å². The highest BCUT2D eigenvalue weighted by Gasteiger charge is 1.75. The third kappa shape index (κ3) is 1.16. The van der Waals surface area contributed by atoms with E-state index in [-0.39, 0.29) is 0 Å². The molecule has 5 heteroatoms. The van der Waals surface area contributed by atoms with Crippen molar-refractivity contribution < 1.29 is 0 Å². The van der Waals surface area contributed by atoms with Crippen molar-refractivity contribution in [1.82, 2.24) is 0 Å². The van der Waals surface area contributed by atoms with E-state index < -0.39 is 0 Å². The molecule has 0 aromatic heterocycles. The van der Waals surface area contributed by atoms with E-state index in [1.807, 2.05) is 0 Å². The third-order valence-corrected chi connectivity index (χ3v) is 0.440. The molecule has 0 bridgehead atoms. The Morgan fingerprint density at radius 3 is 3.14 bits per heavy atom. The van der Waals surface area contributed by atoms with Gasteiger partial charge in [0.05, 0.1) is 12.8 Å². The van der Waals surface area contributed by atoms with Crippen molar-refractivity contribution in [1.29, 1.82) is 0 Å². The van der Waals surface area contributed by atoms with Crippen LogP contribution in [0.5, 0.6) is 0 Å². The first-order chi connectivity index (χ1) is 3.50. The molecule has 5 nitrogen and oxygen atoms in total. The maximum atomic E-state index is 3.49. The van der Waals surface area contributed by atoms with Gasteiger partial charge in [-0.05, 0) is 15.7 Å². The second-order valence-electron chi connectivity index (χ2n) is 0.890. The lowest BCUT2D eigenvalue weighted by atomic mass is 10.8. The van der Waals surface area contributed by atoms with Crippen molar-refractivity contribution in [3.63, 3.8) is 0 Å². The summed E-state index contributed by atoms with van der Waals surface area (Å²) in [4.78, 5) is 0. The van der Waals surface area contributed by atoms with Gasteiger partial charge in [-0.1, -0.05) is 0 Å². The van der Waals surface area contributed by atoms with Crippen molar-refractivity contribution >= 4 is 6.21 Å². The molecule has 7 heavy (non-hydrogen) atoms. The molecule has 1 aliphatic heterocycles. The van der Waals surface area contributed by atoms with E-state index in [0.29, 0.717) is 6.54 Å². The van der Waals surface area contributed by atoms with Crippen LogP contribution in [0.25, 0.3) is 0 Å². The van der Waals surface area contributed by atoms with E-state index in [1.165, 1.54) is 6.21 Å². The highest BCUT2D eigenvalue weighted by molar-refractivity contribution is 5.59. The third-order valence-electron chi connectivity index (χ3n) is 0.440. The Bertz CT molecular complexity index is 108. The van der Waals surface area contributed by atoms with Gasteiger partial charge in [0.15, 0.2) is 0 Å². The molecule has 1 aliphatic rings. The lowest BCUT2D eigenvalue weighted by Gasteiger charge is -1.65. The predicted molar refractivity (Wildman–Crippen MR) is 23.1 cm³/mol. The molecule has 0 atom stereocenters. The van der Waals surface area contributed by atoms with Crippen molar-refractivity contribution in [2.24, 2.45) is 25.9 Å². The summed E-state index contributed by atoms with van der Waals surface area (Å²) in [6, 6.07) is 0. The Balaban J connectivity index is 2.60. The maximum absolute atomic E-state index is 3.49. The first-order valence-electron chi connectivity index (χ1n) is 1.78. The second-order valence-corrected chi connectivity index (χ2v) is 0.890. The van der Waals surface area contributed by atoms with Crippen LogP contribution in [0.2, 0.25) is 0 Å².